The van der Waals surface area contributed by atoms with E-state index in [-0.39, 0.29) is 0 Å². The topological polar surface area (TPSA) is 17.1 Å². The summed E-state index contributed by atoms with van der Waals surface area (Å²) in [6, 6.07) is 0. The largest absolute Gasteiger partial charge is 0.299 e. The van der Waals surface area contributed by atoms with Crippen LogP contribution in [0.15, 0.2) is 11.6 Å². The first-order chi connectivity index (χ1) is 13.8. The molecule has 29 heavy (non-hydrogen) atoms. The molecule has 4 rings (SSSR count). The van der Waals surface area contributed by atoms with E-state index >= 15 is 0 Å². The van der Waals surface area contributed by atoms with Gasteiger partial charge in [-0.15, -0.1) is 0 Å². The van der Waals surface area contributed by atoms with E-state index in [1.54, 1.807) is 5.57 Å². The van der Waals surface area contributed by atoms with Crippen LogP contribution in [0.3, 0.4) is 0 Å². The van der Waals surface area contributed by atoms with Crippen molar-refractivity contribution >= 4 is 5.78 Å². The van der Waals surface area contributed by atoms with E-state index in [4.69, 9.17) is 0 Å². The van der Waals surface area contributed by atoms with Crippen LogP contribution in [0, 0.1) is 46.3 Å². The molecule has 3 saturated carbocycles. The molecule has 0 aliphatic heterocycles. The van der Waals surface area contributed by atoms with Crippen molar-refractivity contribution in [3.05, 3.63) is 11.6 Å². The quantitative estimate of drug-likeness (QED) is 0.429. The first-order valence-electron chi connectivity index (χ1n) is 13.0. The molecule has 0 amide bonds. The van der Waals surface area contributed by atoms with Gasteiger partial charge in [0.2, 0.25) is 0 Å². The Bertz CT molecular complexity index is 645. The molecule has 164 valence electrons. The van der Waals surface area contributed by atoms with Gasteiger partial charge in [-0.2, -0.15) is 0 Å². The van der Waals surface area contributed by atoms with Gasteiger partial charge < -0.3 is 0 Å². The molecule has 3 fully saturated rings. The van der Waals surface area contributed by atoms with Crippen LogP contribution in [0.4, 0.5) is 0 Å². The predicted octanol–water partition coefficient (Wildman–Crippen LogP) is 7.99. The van der Waals surface area contributed by atoms with Crippen molar-refractivity contribution in [1.82, 2.24) is 0 Å². The van der Waals surface area contributed by atoms with Crippen LogP contribution in [0.25, 0.3) is 0 Å². The number of carbonyl (C=O) groups excluding carboxylic acids is 1. The minimum atomic E-state index is 0.317. The van der Waals surface area contributed by atoms with Gasteiger partial charge in [0.05, 0.1) is 0 Å². The summed E-state index contributed by atoms with van der Waals surface area (Å²) in [7, 11) is 0. The molecule has 3 unspecified atom stereocenters. The minimum absolute atomic E-state index is 0.317. The Hall–Kier alpha value is -0.590. The van der Waals surface area contributed by atoms with Crippen LogP contribution in [0.5, 0.6) is 0 Å². The molecule has 1 heteroatoms. The summed E-state index contributed by atoms with van der Waals surface area (Å²) in [5.41, 5.74) is 2.55. The maximum absolute atomic E-state index is 12.2. The lowest BCUT2D eigenvalue weighted by molar-refractivity contribution is -0.119. The summed E-state index contributed by atoms with van der Waals surface area (Å²) >= 11 is 0. The molecule has 0 bridgehead atoms. The number of rotatable bonds is 5. The Morgan fingerprint density at radius 2 is 1.76 bits per heavy atom. The average molecular weight is 399 g/mol. The molecule has 0 aromatic heterocycles. The summed E-state index contributed by atoms with van der Waals surface area (Å²) in [5, 5.41) is 0. The van der Waals surface area contributed by atoms with Crippen LogP contribution >= 0.6 is 0 Å². The minimum Gasteiger partial charge on any atom is -0.299 e. The molecule has 0 spiro atoms. The number of ketones is 1. The first-order valence-corrected chi connectivity index (χ1v) is 13.0. The van der Waals surface area contributed by atoms with E-state index in [0.29, 0.717) is 23.0 Å². The standard InChI is InChI=1S/C28H46O/c1-19(2)7-6-8-20(3)24-13-14-25-23-12-10-21-9-11-22(29)15-17-27(21,4)26(23)16-18-28(24,25)5/h9,19-20,23-26H,6-8,10-18H2,1-5H3/t20-,23?,24-,25?,26?,27+,28-/m1/s1. The maximum atomic E-state index is 12.2. The van der Waals surface area contributed by atoms with Gasteiger partial charge in [-0.25, -0.2) is 0 Å². The number of allylic oxidation sites excluding steroid dienone is 2. The van der Waals surface area contributed by atoms with Crippen LogP contribution in [-0.2, 0) is 4.79 Å². The molecule has 0 radical (unpaired) electrons. The van der Waals surface area contributed by atoms with Crippen molar-refractivity contribution in [1.29, 1.82) is 0 Å². The van der Waals surface area contributed by atoms with Crippen LogP contribution in [0.1, 0.15) is 112 Å². The van der Waals surface area contributed by atoms with Gasteiger partial charge in [0.25, 0.3) is 0 Å². The summed E-state index contributed by atoms with van der Waals surface area (Å²) in [4.78, 5) is 12.2. The normalized spacial score (nSPS) is 43.2. The second kappa shape index (κ2) is 8.16. The molecular formula is C28H46O. The Morgan fingerprint density at radius 3 is 2.52 bits per heavy atom. The van der Waals surface area contributed by atoms with Crippen LogP contribution < -0.4 is 0 Å². The third-order valence-electron chi connectivity index (χ3n) is 10.4. The maximum Gasteiger partial charge on any atom is 0.136 e. The lowest BCUT2D eigenvalue weighted by Gasteiger charge is -2.58. The van der Waals surface area contributed by atoms with E-state index < -0.39 is 0 Å². The second-order valence-corrected chi connectivity index (χ2v) is 12.3. The summed E-state index contributed by atoms with van der Waals surface area (Å²) in [6.45, 7) is 12.5. The zero-order valence-corrected chi connectivity index (χ0v) is 19.9. The Balaban J connectivity index is 1.50. The van der Waals surface area contributed by atoms with Crippen molar-refractivity contribution in [3.8, 4) is 0 Å². The highest BCUT2D eigenvalue weighted by Crippen LogP contribution is 2.67. The summed E-state index contributed by atoms with van der Waals surface area (Å²) in [5.74, 6) is 5.85. The SMILES string of the molecule is CC(C)CCC[C@@H](C)[C@H]1CCC2C3CCC4=CCC(=O)CC[C@]4(C)C3CC[C@@]21C. The van der Waals surface area contributed by atoms with Crippen molar-refractivity contribution in [2.75, 3.05) is 0 Å². The first kappa shape index (κ1) is 21.6. The molecule has 4 aliphatic rings. The van der Waals surface area contributed by atoms with Crippen molar-refractivity contribution < 1.29 is 4.79 Å². The number of carbonyl (C=O) groups is 1. The molecule has 7 atom stereocenters. The molecule has 0 saturated heterocycles. The molecule has 0 aromatic rings. The highest BCUT2D eigenvalue weighted by atomic mass is 16.1. The Morgan fingerprint density at radius 1 is 0.966 bits per heavy atom. The molecule has 0 aromatic carbocycles. The smallest absolute Gasteiger partial charge is 0.136 e. The fraction of sp³-hybridized carbons (Fsp3) is 0.893. The molecular weight excluding hydrogens is 352 g/mol. The molecule has 0 heterocycles. The zero-order valence-electron chi connectivity index (χ0n) is 19.9. The summed E-state index contributed by atoms with van der Waals surface area (Å²) < 4.78 is 0. The number of hydrogen-bond donors (Lipinski definition) is 0. The van der Waals surface area contributed by atoms with E-state index in [9.17, 15) is 4.79 Å². The third kappa shape index (κ3) is 3.78. The Labute approximate surface area is 180 Å². The molecule has 4 aliphatic carbocycles. The summed E-state index contributed by atoms with van der Waals surface area (Å²) in [6.07, 6.45) is 17.7. The number of hydrogen-bond acceptors (Lipinski definition) is 1. The lowest BCUT2D eigenvalue weighted by atomic mass is 9.47. The number of Topliss-reactive ketones (excluding diaryl/α,β-unsaturated/α-hetero) is 1. The van der Waals surface area contributed by atoms with E-state index in [1.807, 2.05) is 0 Å². The van der Waals surface area contributed by atoms with Crippen molar-refractivity contribution in [2.24, 2.45) is 46.3 Å². The fourth-order valence-corrected chi connectivity index (χ4v) is 8.77. The third-order valence-corrected chi connectivity index (χ3v) is 10.4. The van der Waals surface area contributed by atoms with Gasteiger partial charge >= 0.3 is 0 Å². The Kier molecular flexibility index (Phi) is 6.09. The highest BCUT2D eigenvalue weighted by molar-refractivity contribution is 5.80. The zero-order chi connectivity index (χ0) is 20.8. The average Bonchev–Trinajstić information content (AvgIpc) is 2.94. The van der Waals surface area contributed by atoms with Crippen molar-refractivity contribution in [2.45, 2.75) is 112 Å². The fourth-order valence-electron chi connectivity index (χ4n) is 8.77. The van der Waals surface area contributed by atoms with Crippen LogP contribution in [0.2, 0.25) is 0 Å². The van der Waals surface area contributed by atoms with Crippen molar-refractivity contribution in [3.63, 3.8) is 0 Å². The van der Waals surface area contributed by atoms with Gasteiger partial charge in [0, 0.05) is 12.8 Å². The van der Waals surface area contributed by atoms with Gasteiger partial charge in [0.15, 0.2) is 0 Å². The van der Waals surface area contributed by atoms with E-state index in [0.717, 1.165) is 48.3 Å². The van der Waals surface area contributed by atoms with Gasteiger partial charge in [0.1, 0.15) is 5.78 Å². The predicted molar refractivity (Wildman–Crippen MR) is 123 cm³/mol. The van der Waals surface area contributed by atoms with Gasteiger partial charge in [-0.05, 0) is 91.3 Å². The van der Waals surface area contributed by atoms with E-state index in [1.165, 1.54) is 57.8 Å². The monoisotopic (exact) mass is 398 g/mol. The van der Waals surface area contributed by atoms with Crippen LogP contribution in [-0.4, -0.2) is 5.78 Å². The molecule has 0 N–H and O–H groups in total. The second-order valence-electron chi connectivity index (χ2n) is 12.3. The molecule has 1 nitrogen and oxygen atoms in total. The number of fused-ring (bicyclic) bond motifs is 5. The lowest BCUT2D eigenvalue weighted by Crippen LogP contribution is -2.50. The van der Waals surface area contributed by atoms with E-state index in [2.05, 4.69) is 40.7 Å². The van der Waals surface area contributed by atoms with Gasteiger partial charge in [-0.3, -0.25) is 4.79 Å². The van der Waals surface area contributed by atoms with Gasteiger partial charge in [-0.1, -0.05) is 65.5 Å². The highest BCUT2D eigenvalue weighted by Gasteiger charge is 2.59.